The molecule has 9 rings (SSSR count). The van der Waals surface area contributed by atoms with Crippen LogP contribution < -0.4 is 10.2 Å². The first-order chi connectivity index (χ1) is 25.7. The summed E-state index contributed by atoms with van der Waals surface area (Å²) in [5, 5.41) is 8.60. The Kier molecular flexibility index (Phi) is 8.24. The molecule has 246 valence electrons. The fraction of sp³-hybridized carbons (Fsp3) is 0. The molecule has 0 aliphatic heterocycles. The highest BCUT2D eigenvalue weighted by Crippen LogP contribution is 2.38. The van der Waals surface area contributed by atoms with E-state index in [9.17, 15) is 0 Å². The Balaban J connectivity index is 0.978. The molecule has 9 aromatic rings. The molecule has 0 bridgehead atoms. The fourth-order valence-electron chi connectivity index (χ4n) is 7.05. The molecule has 0 heterocycles. The third-order valence-electron chi connectivity index (χ3n) is 9.80. The summed E-state index contributed by atoms with van der Waals surface area (Å²) in [4.78, 5) is 2.33. The van der Waals surface area contributed by atoms with E-state index in [1.54, 1.807) is 0 Å². The third-order valence-corrected chi connectivity index (χ3v) is 9.80. The number of hydrogen-bond donors (Lipinski definition) is 1. The van der Waals surface area contributed by atoms with Crippen LogP contribution in [-0.2, 0) is 0 Å². The van der Waals surface area contributed by atoms with Crippen LogP contribution in [0.15, 0.2) is 212 Å². The molecule has 0 radical (unpaired) electrons. The Bertz CT molecular complexity index is 2510. The van der Waals surface area contributed by atoms with E-state index < -0.39 is 0 Å². The van der Waals surface area contributed by atoms with Crippen LogP contribution in [0.2, 0.25) is 0 Å². The van der Waals surface area contributed by atoms with Crippen molar-refractivity contribution in [1.82, 2.24) is 0 Å². The van der Waals surface area contributed by atoms with Crippen molar-refractivity contribution in [3.8, 4) is 33.4 Å². The predicted octanol–water partition coefficient (Wildman–Crippen LogP) is 14.2. The zero-order chi connectivity index (χ0) is 34.7. The molecule has 52 heavy (non-hydrogen) atoms. The lowest BCUT2D eigenvalue weighted by molar-refractivity contribution is 1.28. The van der Waals surface area contributed by atoms with Crippen molar-refractivity contribution >= 4 is 50.0 Å². The number of hydrogen-bond acceptors (Lipinski definition) is 2. The second-order valence-corrected chi connectivity index (χ2v) is 13.2. The molecule has 0 saturated heterocycles. The number of rotatable bonds is 8. The van der Waals surface area contributed by atoms with Crippen LogP contribution in [0.5, 0.6) is 0 Å². The van der Waals surface area contributed by atoms with Crippen molar-refractivity contribution in [2.24, 2.45) is 0 Å². The van der Waals surface area contributed by atoms with E-state index in [1.165, 1.54) is 54.9 Å². The van der Waals surface area contributed by atoms with E-state index in [4.69, 9.17) is 0 Å². The van der Waals surface area contributed by atoms with Crippen LogP contribution >= 0.6 is 0 Å². The maximum atomic E-state index is 3.61. The molecular weight excluding hydrogens is 629 g/mol. The van der Waals surface area contributed by atoms with Gasteiger partial charge in [0.2, 0.25) is 0 Å². The summed E-state index contributed by atoms with van der Waals surface area (Å²) in [6.45, 7) is 0. The van der Waals surface area contributed by atoms with Gasteiger partial charge in [-0.05, 0) is 128 Å². The van der Waals surface area contributed by atoms with E-state index in [1.807, 2.05) is 0 Å². The Morgan fingerprint density at radius 1 is 0.250 bits per heavy atom. The first-order valence-electron chi connectivity index (χ1n) is 17.7. The molecule has 0 fully saturated rings. The first kappa shape index (κ1) is 31.1. The average molecular weight is 665 g/mol. The molecule has 0 aromatic heterocycles. The number of fused-ring (bicyclic) bond motifs is 2. The van der Waals surface area contributed by atoms with Crippen LogP contribution in [0, 0.1) is 0 Å². The van der Waals surface area contributed by atoms with Gasteiger partial charge in [0.25, 0.3) is 0 Å². The molecule has 0 spiro atoms. The van der Waals surface area contributed by atoms with Gasteiger partial charge in [-0.1, -0.05) is 140 Å². The van der Waals surface area contributed by atoms with Gasteiger partial charge in [-0.25, -0.2) is 0 Å². The molecule has 0 aliphatic carbocycles. The van der Waals surface area contributed by atoms with Crippen molar-refractivity contribution < 1.29 is 0 Å². The van der Waals surface area contributed by atoms with E-state index >= 15 is 0 Å². The lowest BCUT2D eigenvalue weighted by atomic mass is 10.0. The Morgan fingerprint density at radius 2 is 0.596 bits per heavy atom. The lowest BCUT2D eigenvalue weighted by Crippen LogP contribution is -2.09. The van der Waals surface area contributed by atoms with Gasteiger partial charge < -0.3 is 10.2 Å². The van der Waals surface area contributed by atoms with Crippen LogP contribution in [0.25, 0.3) is 54.9 Å². The van der Waals surface area contributed by atoms with Crippen LogP contribution in [-0.4, -0.2) is 0 Å². The summed E-state index contributed by atoms with van der Waals surface area (Å²) >= 11 is 0. The van der Waals surface area contributed by atoms with Crippen molar-refractivity contribution in [1.29, 1.82) is 0 Å². The summed E-state index contributed by atoms with van der Waals surface area (Å²) in [7, 11) is 0. The van der Waals surface area contributed by atoms with E-state index in [2.05, 4.69) is 223 Å². The number of anilines is 5. The van der Waals surface area contributed by atoms with E-state index in [-0.39, 0.29) is 0 Å². The standard InChI is InChI=1S/C50H36N2/c1-3-9-36(10-4-1)39-18-27-48(28-19-39)52(49-29-20-40(21-30-49)37-11-5-2-6-12-37)50-31-22-41(23-32-50)38-15-24-46(25-16-38)51-47-26-17-44-33-42-13-7-8-14-43(42)34-45(44)35-47/h1-35,51H. The molecule has 0 saturated carbocycles. The van der Waals surface area contributed by atoms with Gasteiger partial charge in [0, 0.05) is 28.4 Å². The quantitative estimate of drug-likeness (QED) is 0.163. The summed E-state index contributed by atoms with van der Waals surface area (Å²) in [6, 6.07) is 75.9. The highest BCUT2D eigenvalue weighted by Gasteiger charge is 2.14. The second-order valence-electron chi connectivity index (χ2n) is 13.2. The highest BCUT2D eigenvalue weighted by atomic mass is 15.1. The van der Waals surface area contributed by atoms with Crippen molar-refractivity contribution in [2.75, 3.05) is 10.2 Å². The van der Waals surface area contributed by atoms with Gasteiger partial charge in [0.15, 0.2) is 0 Å². The lowest BCUT2D eigenvalue weighted by Gasteiger charge is -2.26. The number of nitrogens with zero attached hydrogens (tertiary/aromatic N) is 1. The largest absolute Gasteiger partial charge is 0.356 e. The Labute approximate surface area is 304 Å². The van der Waals surface area contributed by atoms with Crippen LogP contribution in [0.4, 0.5) is 28.4 Å². The molecule has 2 heteroatoms. The van der Waals surface area contributed by atoms with Crippen LogP contribution in [0.3, 0.4) is 0 Å². The fourth-order valence-corrected chi connectivity index (χ4v) is 7.05. The smallest absolute Gasteiger partial charge is 0.0462 e. The number of benzene rings is 9. The maximum Gasteiger partial charge on any atom is 0.0462 e. The minimum atomic E-state index is 1.06. The van der Waals surface area contributed by atoms with Crippen molar-refractivity contribution in [2.45, 2.75) is 0 Å². The summed E-state index contributed by atoms with van der Waals surface area (Å²) in [5.41, 5.74) is 12.6. The normalized spacial score (nSPS) is 11.1. The van der Waals surface area contributed by atoms with Crippen molar-refractivity contribution in [3.05, 3.63) is 212 Å². The minimum Gasteiger partial charge on any atom is -0.356 e. The van der Waals surface area contributed by atoms with E-state index in [0.717, 1.165) is 28.4 Å². The molecule has 9 aromatic carbocycles. The average Bonchev–Trinajstić information content (AvgIpc) is 3.22. The SMILES string of the molecule is c1ccc(-c2ccc(N(c3ccc(-c4ccccc4)cc3)c3ccc(-c4ccc(Nc5ccc6cc7ccccc7cc6c5)cc4)cc3)cc2)cc1. The van der Waals surface area contributed by atoms with Gasteiger partial charge in [-0.2, -0.15) is 0 Å². The Morgan fingerprint density at radius 3 is 1.06 bits per heavy atom. The number of nitrogens with one attached hydrogen (secondary N) is 1. The minimum absolute atomic E-state index is 1.06. The molecule has 0 atom stereocenters. The molecule has 2 nitrogen and oxygen atoms in total. The van der Waals surface area contributed by atoms with Gasteiger partial charge in [-0.15, -0.1) is 0 Å². The van der Waals surface area contributed by atoms with Gasteiger partial charge in [-0.3, -0.25) is 0 Å². The zero-order valence-corrected chi connectivity index (χ0v) is 28.7. The highest BCUT2D eigenvalue weighted by molar-refractivity contribution is 5.99. The molecular formula is C50H36N2. The topological polar surface area (TPSA) is 15.3 Å². The third kappa shape index (κ3) is 6.42. The molecule has 1 N–H and O–H groups in total. The predicted molar refractivity (Wildman–Crippen MR) is 222 cm³/mol. The summed E-state index contributed by atoms with van der Waals surface area (Å²) < 4.78 is 0. The summed E-state index contributed by atoms with van der Waals surface area (Å²) in [6.07, 6.45) is 0. The molecule has 0 aliphatic rings. The van der Waals surface area contributed by atoms with Crippen LogP contribution in [0.1, 0.15) is 0 Å². The maximum absolute atomic E-state index is 3.61. The molecule has 0 amide bonds. The molecule has 0 unspecified atom stereocenters. The van der Waals surface area contributed by atoms with Gasteiger partial charge in [0.05, 0.1) is 0 Å². The summed E-state index contributed by atoms with van der Waals surface area (Å²) in [5.74, 6) is 0. The first-order valence-corrected chi connectivity index (χ1v) is 17.7. The van der Waals surface area contributed by atoms with Gasteiger partial charge in [0.1, 0.15) is 0 Å². The monoisotopic (exact) mass is 664 g/mol. The zero-order valence-electron chi connectivity index (χ0n) is 28.7. The second kappa shape index (κ2) is 13.8. The van der Waals surface area contributed by atoms with Crippen molar-refractivity contribution in [3.63, 3.8) is 0 Å². The van der Waals surface area contributed by atoms with Gasteiger partial charge >= 0.3 is 0 Å². The van der Waals surface area contributed by atoms with E-state index in [0.29, 0.717) is 0 Å². The Hall–Kier alpha value is -6.90.